The third-order valence-electron chi connectivity index (χ3n) is 1.82. The van der Waals surface area contributed by atoms with Crippen LogP contribution in [0, 0.1) is 0 Å². The van der Waals surface area contributed by atoms with E-state index in [-0.39, 0.29) is 17.8 Å². The second-order valence-electron chi connectivity index (χ2n) is 2.87. The Balaban J connectivity index is 2.37. The van der Waals surface area contributed by atoms with Crippen molar-refractivity contribution in [1.29, 1.82) is 0 Å². The molecule has 0 saturated carbocycles. The minimum atomic E-state index is -0.898. The maximum atomic E-state index is 10.8. The number of anilines is 2. The molecule has 1 aromatic rings. The maximum absolute atomic E-state index is 10.8. The van der Waals surface area contributed by atoms with Crippen LogP contribution in [0.15, 0.2) is 9.59 Å². The summed E-state index contributed by atoms with van der Waals surface area (Å²) in [6.45, 7) is 0.321. The van der Waals surface area contributed by atoms with Crippen LogP contribution in [-0.4, -0.2) is 17.6 Å². The minimum absolute atomic E-state index is 0.0162. The highest BCUT2D eigenvalue weighted by molar-refractivity contribution is 5.71. The monoisotopic (exact) mass is 198 g/mol. The SMILES string of the molecule is Nc1c(NCCCC(=O)O)c(=O)c1=O. The van der Waals surface area contributed by atoms with Crippen LogP contribution in [0.1, 0.15) is 12.8 Å². The van der Waals surface area contributed by atoms with E-state index in [2.05, 4.69) is 5.32 Å². The first-order chi connectivity index (χ1) is 6.54. The lowest BCUT2D eigenvalue weighted by Gasteiger charge is -2.08. The standard InChI is InChI=1S/C8H10N2O4/c9-5-6(8(14)7(5)13)10-3-1-2-4(11)12/h10H,1-3,9H2,(H,11,12). The van der Waals surface area contributed by atoms with Gasteiger partial charge in [0.05, 0.1) is 0 Å². The quantitative estimate of drug-likeness (QED) is 0.419. The second kappa shape index (κ2) is 3.91. The van der Waals surface area contributed by atoms with E-state index in [1.165, 1.54) is 0 Å². The van der Waals surface area contributed by atoms with Gasteiger partial charge < -0.3 is 16.2 Å². The molecule has 0 aliphatic carbocycles. The van der Waals surface area contributed by atoms with E-state index in [1.54, 1.807) is 0 Å². The summed E-state index contributed by atoms with van der Waals surface area (Å²) in [6.07, 6.45) is 0.399. The fraction of sp³-hybridized carbons (Fsp3) is 0.375. The van der Waals surface area contributed by atoms with E-state index in [4.69, 9.17) is 10.8 Å². The van der Waals surface area contributed by atoms with Crippen molar-refractivity contribution in [2.75, 3.05) is 17.6 Å². The normalized spacial score (nSPS) is 10.3. The van der Waals surface area contributed by atoms with Gasteiger partial charge in [-0.05, 0) is 6.42 Å². The van der Waals surface area contributed by atoms with Crippen molar-refractivity contribution in [3.05, 3.63) is 20.4 Å². The van der Waals surface area contributed by atoms with Crippen molar-refractivity contribution in [2.24, 2.45) is 0 Å². The summed E-state index contributed by atoms with van der Waals surface area (Å²) < 4.78 is 0. The second-order valence-corrected chi connectivity index (χ2v) is 2.87. The smallest absolute Gasteiger partial charge is 0.303 e. The molecule has 0 heterocycles. The summed E-state index contributed by atoms with van der Waals surface area (Å²) in [5.41, 5.74) is 3.97. The average molecular weight is 198 g/mol. The van der Waals surface area contributed by atoms with Crippen molar-refractivity contribution in [3.63, 3.8) is 0 Å². The zero-order valence-electron chi connectivity index (χ0n) is 7.37. The Morgan fingerprint density at radius 3 is 2.50 bits per heavy atom. The van der Waals surface area contributed by atoms with Crippen LogP contribution >= 0.6 is 0 Å². The summed E-state index contributed by atoms with van der Waals surface area (Å²) >= 11 is 0. The van der Waals surface area contributed by atoms with Gasteiger partial charge in [0.1, 0.15) is 11.4 Å². The summed E-state index contributed by atoms with van der Waals surface area (Å²) in [5.74, 6) is -0.898. The Morgan fingerprint density at radius 1 is 1.36 bits per heavy atom. The number of aliphatic carboxylic acids is 1. The van der Waals surface area contributed by atoms with Crippen LogP contribution in [-0.2, 0) is 4.79 Å². The zero-order valence-corrected chi connectivity index (χ0v) is 7.37. The van der Waals surface area contributed by atoms with Crippen LogP contribution in [0.3, 0.4) is 0 Å². The molecule has 0 aliphatic rings. The molecule has 6 nitrogen and oxygen atoms in total. The minimum Gasteiger partial charge on any atom is -0.481 e. The number of hydrogen-bond acceptors (Lipinski definition) is 5. The lowest BCUT2D eigenvalue weighted by Crippen LogP contribution is -2.37. The summed E-state index contributed by atoms with van der Waals surface area (Å²) in [6, 6.07) is 0. The molecule has 0 amide bonds. The van der Waals surface area contributed by atoms with E-state index < -0.39 is 16.8 Å². The number of carbonyl (C=O) groups is 1. The predicted molar refractivity (Wildman–Crippen MR) is 51.1 cm³/mol. The Hall–Kier alpha value is -1.85. The molecule has 0 atom stereocenters. The molecule has 1 rings (SSSR count). The molecule has 0 fully saturated rings. The molecule has 14 heavy (non-hydrogen) atoms. The molecule has 4 N–H and O–H groups in total. The van der Waals surface area contributed by atoms with Gasteiger partial charge in [-0.2, -0.15) is 0 Å². The highest BCUT2D eigenvalue weighted by atomic mass is 16.4. The molecule has 6 heteroatoms. The van der Waals surface area contributed by atoms with Crippen molar-refractivity contribution in [1.82, 2.24) is 0 Å². The zero-order chi connectivity index (χ0) is 10.7. The molecule has 0 bridgehead atoms. The molecule has 0 saturated heterocycles. The predicted octanol–water partition coefficient (Wildman–Crippen LogP) is -0.858. The molecular weight excluding hydrogens is 188 g/mol. The van der Waals surface area contributed by atoms with Crippen LogP contribution in [0.2, 0.25) is 0 Å². The van der Waals surface area contributed by atoms with Gasteiger partial charge in [0.2, 0.25) is 0 Å². The van der Waals surface area contributed by atoms with Crippen LogP contribution in [0.5, 0.6) is 0 Å². The number of nitrogens with two attached hydrogens (primary N) is 1. The van der Waals surface area contributed by atoms with Gasteiger partial charge >= 0.3 is 5.97 Å². The highest BCUT2D eigenvalue weighted by Gasteiger charge is 2.16. The Morgan fingerprint density at radius 2 is 2.00 bits per heavy atom. The maximum Gasteiger partial charge on any atom is 0.303 e. The molecule has 76 valence electrons. The molecule has 0 spiro atoms. The molecule has 1 aromatic carbocycles. The Bertz CT molecular complexity index is 417. The third-order valence-corrected chi connectivity index (χ3v) is 1.82. The first-order valence-electron chi connectivity index (χ1n) is 4.08. The molecule has 0 unspecified atom stereocenters. The number of rotatable bonds is 5. The van der Waals surface area contributed by atoms with Crippen molar-refractivity contribution < 1.29 is 9.90 Å². The average Bonchev–Trinajstić information content (AvgIpc) is 2.15. The van der Waals surface area contributed by atoms with Crippen molar-refractivity contribution >= 4 is 17.3 Å². The summed E-state index contributed by atoms with van der Waals surface area (Å²) in [7, 11) is 0. The number of nitrogens with one attached hydrogen (secondary N) is 1. The van der Waals surface area contributed by atoms with Gasteiger partial charge in [-0.3, -0.25) is 14.4 Å². The number of nitrogen functional groups attached to an aromatic ring is 1. The third kappa shape index (κ3) is 1.90. The Kier molecular flexibility index (Phi) is 2.85. The van der Waals surface area contributed by atoms with E-state index in [1.807, 2.05) is 0 Å². The molecule has 0 radical (unpaired) electrons. The van der Waals surface area contributed by atoms with E-state index in [0.29, 0.717) is 13.0 Å². The fourth-order valence-corrected chi connectivity index (χ4v) is 1.04. The van der Waals surface area contributed by atoms with Gasteiger partial charge in [0.15, 0.2) is 0 Å². The van der Waals surface area contributed by atoms with Gasteiger partial charge in [0, 0.05) is 13.0 Å². The van der Waals surface area contributed by atoms with Gasteiger partial charge in [0.25, 0.3) is 10.9 Å². The Labute approximate surface area is 79.0 Å². The lowest BCUT2D eigenvalue weighted by molar-refractivity contribution is -0.137. The van der Waals surface area contributed by atoms with E-state index in [0.717, 1.165) is 0 Å². The topological polar surface area (TPSA) is 109 Å². The van der Waals surface area contributed by atoms with Crippen LogP contribution < -0.4 is 21.9 Å². The number of carboxylic acids is 1. The van der Waals surface area contributed by atoms with Gasteiger partial charge in [-0.15, -0.1) is 0 Å². The molecular formula is C8H10N2O4. The molecule has 0 aromatic heterocycles. The number of hydrogen-bond donors (Lipinski definition) is 3. The lowest BCUT2D eigenvalue weighted by atomic mass is 10.2. The van der Waals surface area contributed by atoms with Crippen LogP contribution in [0.4, 0.5) is 11.4 Å². The largest absolute Gasteiger partial charge is 0.481 e. The number of carboxylic acid groups (broad SMARTS) is 1. The summed E-state index contributed by atoms with van der Waals surface area (Å²) in [5, 5.41) is 10.9. The first kappa shape index (κ1) is 10.2. The fourth-order valence-electron chi connectivity index (χ4n) is 1.04. The van der Waals surface area contributed by atoms with E-state index in [9.17, 15) is 14.4 Å². The van der Waals surface area contributed by atoms with E-state index >= 15 is 0 Å². The highest BCUT2D eigenvalue weighted by Crippen LogP contribution is 2.08. The van der Waals surface area contributed by atoms with Crippen LogP contribution in [0.25, 0.3) is 0 Å². The van der Waals surface area contributed by atoms with Gasteiger partial charge in [-0.1, -0.05) is 0 Å². The first-order valence-corrected chi connectivity index (χ1v) is 4.08. The van der Waals surface area contributed by atoms with Crippen molar-refractivity contribution in [2.45, 2.75) is 12.8 Å². The van der Waals surface area contributed by atoms with Gasteiger partial charge in [-0.25, -0.2) is 0 Å². The molecule has 0 aliphatic heterocycles. The summed E-state index contributed by atoms with van der Waals surface area (Å²) in [4.78, 5) is 31.6. The van der Waals surface area contributed by atoms with Crippen molar-refractivity contribution in [3.8, 4) is 0 Å².